The van der Waals surface area contributed by atoms with Gasteiger partial charge in [-0.25, -0.2) is 0 Å². The van der Waals surface area contributed by atoms with Crippen molar-refractivity contribution in [1.29, 1.82) is 0 Å². The normalized spacial score (nSPS) is 17.2. The van der Waals surface area contributed by atoms with Crippen molar-refractivity contribution in [3.8, 4) is 11.5 Å². The molecule has 1 saturated heterocycles. The standard InChI is InChI=1S/C19H17NO3S2/c1-12(14-6-4-3-5-7-14)20-18(22)17(25-19(20)24)11-13-8-9-15(21)16(10-13)23-2/h3-12,21H,1-2H3. The average Bonchev–Trinajstić information content (AvgIpc) is 2.90. The molecule has 1 aliphatic heterocycles. The lowest BCUT2D eigenvalue weighted by atomic mass is 10.1. The number of hydrogen-bond acceptors (Lipinski definition) is 5. The van der Waals surface area contributed by atoms with E-state index in [4.69, 9.17) is 17.0 Å². The summed E-state index contributed by atoms with van der Waals surface area (Å²) in [5, 5.41) is 9.68. The summed E-state index contributed by atoms with van der Waals surface area (Å²) in [5.74, 6) is 0.310. The number of benzene rings is 2. The number of carbonyl (C=O) groups is 1. The molecule has 1 fully saturated rings. The minimum atomic E-state index is -0.131. The van der Waals surface area contributed by atoms with E-state index in [-0.39, 0.29) is 17.7 Å². The van der Waals surface area contributed by atoms with E-state index in [1.165, 1.54) is 24.9 Å². The molecule has 2 aromatic carbocycles. The molecule has 0 saturated carbocycles. The Morgan fingerprint density at radius 1 is 1.24 bits per heavy atom. The Morgan fingerprint density at radius 2 is 1.96 bits per heavy atom. The molecule has 4 nitrogen and oxygen atoms in total. The van der Waals surface area contributed by atoms with Crippen LogP contribution in [0.5, 0.6) is 11.5 Å². The van der Waals surface area contributed by atoms with Gasteiger partial charge in [0.25, 0.3) is 5.91 Å². The van der Waals surface area contributed by atoms with Crippen LogP contribution in [0.15, 0.2) is 53.4 Å². The molecule has 0 aliphatic carbocycles. The predicted molar refractivity (Wildman–Crippen MR) is 105 cm³/mol. The van der Waals surface area contributed by atoms with Gasteiger partial charge in [0.1, 0.15) is 4.32 Å². The molecule has 0 aromatic heterocycles. The van der Waals surface area contributed by atoms with Crippen LogP contribution in [-0.4, -0.2) is 27.3 Å². The number of carbonyl (C=O) groups excluding carboxylic acids is 1. The Bertz CT molecular complexity index is 849. The fraction of sp³-hybridized carbons (Fsp3) is 0.158. The molecule has 1 amide bonds. The van der Waals surface area contributed by atoms with E-state index >= 15 is 0 Å². The second-order valence-electron chi connectivity index (χ2n) is 5.57. The van der Waals surface area contributed by atoms with Crippen molar-refractivity contribution in [3.63, 3.8) is 0 Å². The van der Waals surface area contributed by atoms with E-state index in [2.05, 4.69) is 0 Å². The topological polar surface area (TPSA) is 49.8 Å². The fourth-order valence-electron chi connectivity index (χ4n) is 2.63. The van der Waals surface area contributed by atoms with Gasteiger partial charge < -0.3 is 9.84 Å². The molecule has 1 heterocycles. The molecule has 6 heteroatoms. The largest absolute Gasteiger partial charge is 0.504 e. The number of ether oxygens (including phenoxy) is 1. The summed E-state index contributed by atoms with van der Waals surface area (Å²) in [7, 11) is 1.49. The molecule has 128 valence electrons. The molecule has 1 atom stereocenters. The second-order valence-corrected chi connectivity index (χ2v) is 7.25. The smallest absolute Gasteiger partial charge is 0.266 e. The minimum Gasteiger partial charge on any atom is -0.504 e. The average molecular weight is 371 g/mol. The molecule has 1 N–H and O–H groups in total. The summed E-state index contributed by atoms with van der Waals surface area (Å²) < 4.78 is 5.65. The Labute approximate surface area is 156 Å². The minimum absolute atomic E-state index is 0.0601. The van der Waals surface area contributed by atoms with E-state index < -0.39 is 0 Å². The number of rotatable bonds is 4. The number of methoxy groups -OCH3 is 1. The number of hydrogen-bond donors (Lipinski definition) is 1. The van der Waals surface area contributed by atoms with Crippen LogP contribution in [0, 0.1) is 0 Å². The van der Waals surface area contributed by atoms with Gasteiger partial charge in [-0.3, -0.25) is 9.69 Å². The van der Waals surface area contributed by atoms with Crippen LogP contribution in [0.1, 0.15) is 24.1 Å². The zero-order valence-corrected chi connectivity index (χ0v) is 15.4. The molecule has 0 bridgehead atoms. The first-order chi connectivity index (χ1) is 12.0. The van der Waals surface area contributed by atoms with E-state index in [0.717, 1.165) is 11.1 Å². The molecule has 0 spiro atoms. The highest BCUT2D eigenvalue weighted by Crippen LogP contribution is 2.38. The van der Waals surface area contributed by atoms with Crippen molar-refractivity contribution in [2.45, 2.75) is 13.0 Å². The molecular formula is C19H17NO3S2. The van der Waals surface area contributed by atoms with Crippen LogP contribution >= 0.6 is 24.0 Å². The molecule has 0 radical (unpaired) electrons. The monoisotopic (exact) mass is 371 g/mol. The molecule has 25 heavy (non-hydrogen) atoms. The van der Waals surface area contributed by atoms with E-state index in [0.29, 0.717) is 15.0 Å². The zero-order chi connectivity index (χ0) is 18.0. The number of thiocarbonyl (C=S) groups is 1. The van der Waals surface area contributed by atoms with Gasteiger partial charge in [0.15, 0.2) is 11.5 Å². The van der Waals surface area contributed by atoms with Crippen LogP contribution in [0.25, 0.3) is 6.08 Å². The maximum absolute atomic E-state index is 12.8. The number of aromatic hydroxyl groups is 1. The van der Waals surface area contributed by atoms with Gasteiger partial charge in [-0.05, 0) is 36.3 Å². The Hall–Kier alpha value is -2.31. The first kappa shape index (κ1) is 17.5. The Morgan fingerprint density at radius 3 is 2.64 bits per heavy atom. The number of amides is 1. The molecule has 3 rings (SSSR count). The van der Waals surface area contributed by atoms with Gasteiger partial charge in [0.2, 0.25) is 0 Å². The second kappa shape index (κ2) is 7.29. The molecule has 1 unspecified atom stereocenters. The van der Waals surface area contributed by atoms with Crippen molar-refractivity contribution in [3.05, 3.63) is 64.6 Å². The highest BCUT2D eigenvalue weighted by Gasteiger charge is 2.35. The van der Waals surface area contributed by atoms with Crippen LogP contribution in [0.4, 0.5) is 0 Å². The zero-order valence-electron chi connectivity index (χ0n) is 13.8. The lowest BCUT2D eigenvalue weighted by Crippen LogP contribution is -2.30. The molecule has 1 aliphatic rings. The van der Waals surface area contributed by atoms with Gasteiger partial charge in [-0.1, -0.05) is 60.4 Å². The van der Waals surface area contributed by atoms with Gasteiger partial charge in [-0.2, -0.15) is 0 Å². The highest BCUT2D eigenvalue weighted by molar-refractivity contribution is 8.26. The Kier molecular flexibility index (Phi) is 5.11. The predicted octanol–water partition coefficient (Wildman–Crippen LogP) is 4.36. The highest BCUT2D eigenvalue weighted by atomic mass is 32.2. The van der Waals surface area contributed by atoms with Crippen molar-refractivity contribution in [2.24, 2.45) is 0 Å². The summed E-state index contributed by atoms with van der Waals surface area (Å²) in [6.45, 7) is 1.96. The summed E-state index contributed by atoms with van der Waals surface area (Å²) in [4.78, 5) is 15.0. The van der Waals surface area contributed by atoms with E-state index in [1.54, 1.807) is 23.1 Å². The van der Waals surface area contributed by atoms with Crippen LogP contribution < -0.4 is 4.74 Å². The van der Waals surface area contributed by atoms with Crippen LogP contribution in [-0.2, 0) is 4.79 Å². The first-order valence-electron chi connectivity index (χ1n) is 7.70. The van der Waals surface area contributed by atoms with Crippen molar-refractivity contribution in [1.82, 2.24) is 4.90 Å². The summed E-state index contributed by atoms with van der Waals surface area (Å²) in [6, 6.07) is 14.6. The lowest BCUT2D eigenvalue weighted by Gasteiger charge is -2.23. The van der Waals surface area contributed by atoms with Crippen molar-refractivity contribution in [2.75, 3.05) is 7.11 Å². The Balaban J connectivity index is 1.88. The summed E-state index contributed by atoms with van der Waals surface area (Å²) in [6.07, 6.45) is 1.76. The maximum atomic E-state index is 12.8. The van der Waals surface area contributed by atoms with Gasteiger partial charge in [0, 0.05) is 0 Å². The first-order valence-corrected chi connectivity index (χ1v) is 8.92. The quantitative estimate of drug-likeness (QED) is 0.639. The van der Waals surface area contributed by atoms with E-state index in [9.17, 15) is 9.90 Å². The maximum Gasteiger partial charge on any atom is 0.266 e. The van der Waals surface area contributed by atoms with E-state index in [1.807, 2.05) is 37.3 Å². The van der Waals surface area contributed by atoms with Gasteiger partial charge in [0.05, 0.1) is 18.1 Å². The third kappa shape index (κ3) is 3.55. The van der Waals surface area contributed by atoms with Gasteiger partial charge >= 0.3 is 0 Å². The number of phenols is 1. The van der Waals surface area contributed by atoms with Crippen molar-refractivity contribution < 1.29 is 14.6 Å². The SMILES string of the molecule is COc1cc(C=C2SC(=S)N(C(C)c3ccccc3)C2=O)ccc1O. The number of thioether (sulfide) groups is 1. The lowest BCUT2D eigenvalue weighted by molar-refractivity contribution is -0.123. The summed E-state index contributed by atoms with van der Waals surface area (Å²) >= 11 is 6.70. The third-order valence-corrected chi connectivity index (χ3v) is 5.32. The third-order valence-electron chi connectivity index (χ3n) is 3.99. The van der Waals surface area contributed by atoms with Crippen LogP contribution in [0.2, 0.25) is 0 Å². The van der Waals surface area contributed by atoms with Gasteiger partial charge in [-0.15, -0.1) is 0 Å². The molecular weight excluding hydrogens is 354 g/mol. The van der Waals surface area contributed by atoms with Crippen molar-refractivity contribution >= 4 is 40.3 Å². The number of nitrogens with zero attached hydrogens (tertiary/aromatic N) is 1. The fourth-order valence-corrected chi connectivity index (χ4v) is 4.05. The summed E-state index contributed by atoms with van der Waals surface area (Å²) in [5.41, 5.74) is 1.80. The van der Waals surface area contributed by atoms with Crippen LogP contribution in [0.3, 0.4) is 0 Å². The number of phenolic OH excluding ortho intramolecular Hbond substituents is 1. The molecule has 2 aromatic rings.